The maximum atomic E-state index is 13.5. The number of halogens is 1. The Labute approximate surface area is 102 Å². The van der Waals surface area contributed by atoms with Gasteiger partial charge in [0.2, 0.25) is 0 Å². The third kappa shape index (κ3) is 3.33. The van der Waals surface area contributed by atoms with Crippen molar-refractivity contribution in [1.82, 2.24) is 0 Å². The number of ether oxygens (including phenoxy) is 2. The lowest BCUT2D eigenvalue weighted by Crippen LogP contribution is -2.14. The molecular formula is C13H20FNO2. The van der Waals surface area contributed by atoms with Gasteiger partial charge in [0, 0.05) is 11.6 Å². The van der Waals surface area contributed by atoms with Crippen LogP contribution in [-0.4, -0.2) is 19.8 Å². The van der Waals surface area contributed by atoms with E-state index in [1.165, 1.54) is 19.2 Å². The van der Waals surface area contributed by atoms with Crippen molar-refractivity contribution in [3.63, 3.8) is 0 Å². The highest BCUT2D eigenvalue weighted by Gasteiger charge is 2.18. The van der Waals surface area contributed by atoms with Crippen LogP contribution >= 0.6 is 0 Å². The van der Waals surface area contributed by atoms with Gasteiger partial charge in [-0.2, -0.15) is 0 Å². The second-order valence-electron chi connectivity index (χ2n) is 4.33. The van der Waals surface area contributed by atoms with Gasteiger partial charge in [-0.05, 0) is 32.4 Å². The van der Waals surface area contributed by atoms with E-state index in [9.17, 15) is 4.39 Å². The minimum absolute atomic E-state index is 0.00177. The van der Waals surface area contributed by atoms with Crippen molar-refractivity contribution in [3.8, 4) is 11.5 Å². The molecule has 0 heterocycles. The number of nitrogens with two attached hydrogens (primary N) is 1. The maximum absolute atomic E-state index is 13.5. The average Bonchev–Trinajstić information content (AvgIpc) is 2.29. The number of benzene rings is 1. The third-order valence-electron chi connectivity index (χ3n) is 2.51. The van der Waals surface area contributed by atoms with E-state index in [4.69, 9.17) is 15.2 Å². The lowest BCUT2D eigenvalue weighted by atomic mass is 9.99. The smallest absolute Gasteiger partial charge is 0.165 e. The first kappa shape index (κ1) is 13.8. The van der Waals surface area contributed by atoms with Crippen LogP contribution in [0.4, 0.5) is 4.39 Å². The summed E-state index contributed by atoms with van der Waals surface area (Å²) in [6.45, 7) is 6.20. The summed E-state index contributed by atoms with van der Waals surface area (Å²) < 4.78 is 24.3. The van der Waals surface area contributed by atoms with Gasteiger partial charge in [-0.3, -0.25) is 0 Å². The molecule has 0 aliphatic rings. The van der Waals surface area contributed by atoms with E-state index in [2.05, 4.69) is 0 Å². The van der Waals surface area contributed by atoms with Crippen molar-refractivity contribution in [1.29, 1.82) is 0 Å². The van der Waals surface area contributed by atoms with E-state index in [-0.39, 0.29) is 17.8 Å². The molecule has 0 aliphatic heterocycles. The van der Waals surface area contributed by atoms with Crippen LogP contribution in [0.2, 0.25) is 0 Å². The zero-order valence-corrected chi connectivity index (χ0v) is 10.8. The van der Waals surface area contributed by atoms with E-state index in [1.54, 1.807) is 0 Å². The molecule has 0 aromatic heterocycles. The predicted molar refractivity (Wildman–Crippen MR) is 66.2 cm³/mol. The van der Waals surface area contributed by atoms with Crippen molar-refractivity contribution < 1.29 is 13.9 Å². The Kier molecular flexibility index (Phi) is 4.75. The van der Waals surface area contributed by atoms with Crippen LogP contribution in [0.1, 0.15) is 32.3 Å². The van der Waals surface area contributed by atoms with Gasteiger partial charge in [-0.1, -0.05) is 6.92 Å². The Hall–Kier alpha value is -1.29. The van der Waals surface area contributed by atoms with Crippen molar-refractivity contribution in [3.05, 3.63) is 23.5 Å². The molecule has 1 atom stereocenters. The normalized spacial score (nSPS) is 12.6. The van der Waals surface area contributed by atoms with E-state index in [0.29, 0.717) is 18.0 Å². The highest BCUT2D eigenvalue weighted by atomic mass is 19.1. The van der Waals surface area contributed by atoms with Crippen LogP contribution in [-0.2, 0) is 0 Å². The molecular weight excluding hydrogens is 221 g/mol. The number of hydrogen-bond acceptors (Lipinski definition) is 3. The molecule has 0 bridgehead atoms. The molecule has 17 heavy (non-hydrogen) atoms. The summed E-state index contributed by atoms with van der Waals surface area (Å²) in [6, 6.07) is 2.78. The van der Waals surface area contributed by atoms with Gasteiger partial charge in [0.1, 0.15) is 5.82 Å². The van der Waals surface area contributed by atoms with Crippen LogP contribution in [0.3, 0.4) is 0 Å². The molecule has 96 valence electrons. The summed E-state index contributed by atoms with van der Waals surface area (Å²) in [5.41, 5.74) is 6.37. The van der Waals surface area contributed by atoms with Crippen molar-refractivity contribution in [2.24, 2.45) is 5.73 Å². The fraction of sp³-hybridized carbons (Fsp3) is 0.538. The summed E-state index contributed by atoms with van der Waals surface area (Å²) in [7, 11) is 1.50. The average molecular weight is 241 g/mol. The number of hydrogen-bond donors (Lipinski definition) is 1. The molecule has 2 N–H and O–H groups in total. The van der Waals surface area contributed by atoms with Crippen molar-refractivity contribution in [2.45, 2.75) is 32.8 Å². The highest BCUT2D eigenvalue weighted by molar-refractivity contribution is 5.49. The zero-order valence-electron chi connectivity index (χ0n) is 10.8. The van der Waals surface area contributed by atoms with Gasteiger partial charge >= 0.3 is 0 Å². The molecule has 1 aromatic carbocycles. The molecule has 0 saturated heterocycles. The topological polar surface area (TPSA) is 44.5 Å². The second-order valence-corrected chi connectivity index (χ2v) is 4.33. The molecule has 1 rings (SSSR count). The Morgan fingerprint density at radius 2 is 1.94 bits per heavy atom. The largest absolute Gasteiger partial charge is 0.493 e. The minimum atomic E-state index is -0.340. The first-order valence-electron chi connectivity index (χ1n) is 5.73. The summed E-state index contributed by atoms with van der Waals surface area (Å²) in [5, 5.41) is 0. The fourth-order valence-corrected chi connectivity index (χ4v) is 1.60. The molecule has 3 nitrogen and oxygen atoms in total. The minimum Gasteiger partial charge on any atom is -0.493 e. The van der Waals surface area contributed by atoms with Crippen LogP contribution in [0.5, 0.6) is 11.5 Å². The molecule has 1 unspecified atom stereocenters. The van der Waals surface area contributed by atoms with Crippen LogP contribution in [0.25, 0.3) is 0 Å². The summed E-state index contributed by atoms with van der Waals surface area (Å²) in [5.74, 6) is 0.678. The molecule has 0 spiro atoms. The van der Waals surface area contributed by atoms with E-state index in [1.807, 2.05) is 20.8 Å². The summed E-state index contributed by atoms with van der Waals surface area (Å²) in [4.78, 5) is 0. The number of methoxy groups -OCH3 is 1. The first-order valence-corrected chi connectivity index (χ1v) is 5.73. The van der Waals surface area contributed by atoms with Crippen LogP contribution in [0, 0.1) is 5.82 Å². The van der Waals surface area contributed by atoms with Gasteiger partial charge in [-0.15, -0.1) is 0 Å². The zero-order chi connectivity index (χ0) is 13.0. The standard InChI is InChI=1S/C13H20FNO2/c1-8(2)17-13-11(9(3)7-15)5-10(14)6-12(13)16-4/h5-6,8-9H,7,15H2,1-4H3. The SMILES string of the molecule is COc1cc(F)cc(C(C)CN)c1OC(C)C. The van der Waals surface area contributed by atoms with Gasteiger partial charge in [0.15, 0.2) is 11.5 Å². The van der Waals surface area contributed by atoms with E-state index in [0.717, 1.165) is 5.56 Å². The molecule has 0 saturated carbocycles. The third-order valence-corrected chi connectivity index (χ3v) is 2.51. The maximum Gasteiger partial charge on any atom is 0.165 e. The molecule has 1 aromatic rings. The van der Waals surface area contributed by atoms with Crippen molar-refractivity contribution in [2.75, 3.05) is 13.7 Å². The molecule has 0 amide bonds. The summed E-state index contributed by atoms with van der Waals surface area (Å²) >= 11 is 0. The Morgan fingerprint density at radius 3 is 2.41 bits per heavy atom. The lowest BCUT2D eigenvalue weighted by Gasteiger charge is -2.20. The lowest BCUT2D eigenvalue weighted by molar-refractivity contribution is 0.226. The highest BCUT2D eigenvalue weighted by Crippen LogP contribution is 2.37. The van der Waals surface area contributed by atoms with Gasteiger partial charge in [0.05, 0.1) is 13.2 Å². The molecule has 0 fully saturated rings. The fourth-order valence-electron chi connectivity index (χ4n) is 1.60. The molecule has 0 radical (unpaired) electrons. The monoisotopic (exact) mass is 241 g/mol. The van der Waals surface area contributed by atoms with Gasteiger partial charge in [0.25, 0.3) is 0 Å². The quantitative estimate of drug-likeness (QED) is 0.862. The van der Waals surface area contributed by atoms with Crippen LogP contribution in [0.15, 0.2) is 12.1 Å². The second kappa shape index (κ2) is 5.87. The first-order chi connectivity index (χ1) is 7.99. The van der Waals surface area contributed by atoms with Gasteiger partial charge < -0.3 is 15.2 Å². The van der Waals surface area contributed by atoms with Crippen LogP contribution < -0.4 is 15.2 Å². The van der Waals surface area contributed by atoms with E-state index < -0.39 is 0 Å². The number of rotatable bonds is 5. The molecule has 4 heteroatoms. The van der Waals surface area contributed by atoms with E-state index >= 15 is 0 Å². The molecule has 0 aliphatic carbocycles. The predicted octanol–water partition coefficient (Wildman–Crippen LogP) is 2.68. The Balaban J connectivity index is 3.27. The Bertz CT molecular complexity index is 380. The van der Waals surface area contributed by atoms with Crippen molar-refractivity contribution >= 4 is 0 Å². The summed E-state index contributed by atoms with van der Waals surface area (Å²) in [6.07, 6.45) is -0.00177. The Morgan fingerprint density at radius 1 is 1.29 bits per heavy atom. The van der Waals surface area contributed by atoms with Gasteiger partial charge in [-0.25, -0.2) is 4.39 Å².